The van der Waals surface area contributed by atoms with Gasteiger partial charge in [-0.25, -0.2) is 8.42 Å². The summed E-state index contributed by atoms with van der Waals surface area (Å²) in [6.07, 6.45) is 3.73. The molecule has 214 valence electrons. The fraction of sp³-hybridized carbons (Fsp3) is 0.519. The smallest absolute Gasteiger partial charge is 0.324 e. The number of piperazine rings is 1. The lowest BCUT2D eigenvalue weighted by atomic mass is 9.92. The number of sulfonamides is 1. The van der Waals surface area contributed by atoms with E-state index in [2.05, 4.69) is 0 Å². The van der Waals surface area contributed by atoms with Gasteiger partial charge in [0.1, 0.15) is 5.78 Å². The van der Waals surface area contributed by atoms with Crippen molar-refractivity contribution in [3.05, 3.63) is 59.2 Å². The molecule has 0 spiro atoms. The molecule has 2 heterocycles. The van der Waals surface area contributed by atoms with Crippen LogP contribution in [0.1, 0.15) is 47.7 Å². The zero-order valence-corrected chi connectivity index (χ0v) is 22.9. The zero-order chi connectivity index (χ0) is 28.8. The van der Waals surface area contributed by atoms with Crippen molar-refractivity contribution in [3.8, 4) is 0 Å². The predicted molar refractivity (Wildman–Crippen MR) is 141 cm³/mol. The largest absolute Gasteiger partial charge is 0.404 e. The minimum atomic E-state index is -4.69. The van der Waals surface area contributed by atoms with E-state index in [1.165, 1.54) is 0 Å². The lowest BCUT2D eigenvalue weighted by Gasteiger charge is -2.33. The summed E-state index contributed by atoms with van der Waals surface area (Å²) < 4.78 is 60.6. The highest BCUT2D eigenvalue weighted by Gasteiger charge is 2.40. The van der Waals surface area contributed by atoms with E-state index < -0.39 is 28.0 Å². The molecule has 2 fully saturated rings. The first kappa shape index (κ1) is 30.7. The molecule has 39 heavy (non-hydrogen) atoms. The number of amides is 1. The van der Waals surface area contributed by atoms with Crippen LogP contribution in [0.3, 0.4) is 0 Å². The lowest BCUT2D eigenvalue weighted by molar-refractivity contribution is -0.133. The Hall–Kier alpha value is -2.83. The van der Waals surface area contributed by atoms with Crippen molar-refractivity contribution in [1.29, 1.82) is 0 Å². The van der Waals surface area contributed by atoms with Crippen molar-refractivity contribution in [1.82, 2.24) is 14.1 Å². The SMILES string of the molecule is C/C=C\C=C\CN1CCN(S(=O)(=O)CC(F)(F)F)CC1.Cc1cccc2c1CN(C1CCC(=O)CC1=O)C2=O. The zero-order valence-electron chi connectivity index (χ0n) is 22.1. The number of aryl methyl sites for hydroxylation is 1. The van der Waals surface area contributed by atoms with Crippen LogP contribution in [-0.2, 0) is 26.2 Å². The highest BCUT2D eigenvalue weighted by atomic mass is 32.2. The molecular formula is C27H34F3N3O5S. The van der Waals surface area contributed by atoms with Crippen molar-refractivity contribution in [3.63, 3.8) is 0 Å². The molecule has 0 bridgehead atoms. The third-order valence-electron chi connectivity index (χ3n) is 6.92. The van der Waals surface area contributed by atoms with Gasteiger partial charge in [0.25, 0.3) is 5.91 Å². The Labute approximate surface area is 227 Å². The standard InChI is InChI=1S/C15H15NO3.C12H19F3N2O2S/c1-9-3-2-4-11-12(9)8-16(15(11)19)13-6-5-10(17)7-14(13)18;1-2-3-4-5-6-16-7-9-17(10-8-16)20(18,19)11-12(13,14)15/h2-4,13H,5-8H2,1H3;2-5H,6-11H2,1H3/b;3-2-,5-4+. The van der Waals surface area contributed by atoms with Crippen LogP contribution >= 0.6 is 0 Å². The first-order valence-corrected chi connectivity index (χ1v) is 14.4. The van der Waals surface area contributed by atoms with Crippen LogP contribution in [0, 0.1) is 6.92 Å². The number of Topliss-reactive ketones (excluding diaryl/α,β-unsaturated/α-hetero) is 2. The van der Waals surface area contributed by atoms with E-state index in [0.29, 0.717) is 44.6 Å². The molecule has 1 unspecified atom stereocenters. The molecule has 8 nitrogen and oxygen atoms in total. The van der Waals surface area contributed by atoms with Gasteiger partial charge >= 0.3 is 6.18 Å². The van der Waals surface area contributed by atoms with E-state index in [0.717, 1.165) is 15.4 Å². The normalized spacial score (nSPS) is 21.5. The number of fused-ring (bicyclic) bond motifs is 1. The average Bonchev–Trinajstić information content (AvgIpc) is 3.19. The molecule has 0 aromatic heterocycles. The van der Waals surface area contributed by atoms with Crippen molar-refractivity contribution in [2.24, 2.45) is 0 Å². The number of carbonyl (C=O) groups excluding carboxylic acids is 3. The van der Waals surface area contributed by atoms with Gasteiger partial charge in [-0.1, -0.05) is 36.4 Å². The van der Waals surface area contributed by atoms with Gasteiger partial charge in [0.05, 0.1) is 12.5 Å². The molecule has 1 amide bonds. The summed E-state index contributed by atoms with van der Waals surface area (Å²) in [7, 11) is -4.24. The van der Waals surface area contributed by atoms with Crippen molar-refractivity contribution < 1.29 is 36.0 Å². The second-order valence-corrected chi connectivity index (χ2v) is 11.8. The number of allylic oxidation sites excluding steroid dienone is 3. The molecule has 0 N–H and O–H groups in total. The van der Waals surface area contributed by atoms with Gasteiger partial charge in [0.15, 0.2) is 11.5 Å². The summed E-state index contributed by atoms with van der Waals surface area (Å²) in [5, 5.41) is 0. The second-order valence-electron chi connectivity index (χ2n) is 9.80. The molecule has 1 saturated heterocycles. The van der Waals surface area contributed by atoms with Gasteiger partial charge in [-0.3, -0.25) is 19.3 Å². The molecule has 3 aliphatic rings. The summed E-state index contributed by atoms with van der Waals surface area (Å²) in [5.41, 5.74) is 2.79. The van der Waals surface area contributed by atoms with Gasteiger partial charge < -0.3 is 4.90 Å². The summed E-state index contributed by atoms with van der Waals surface area (Å²) in [6, 6.07) is 5.23. The summed E-state index contributed by atoms with van der Waals surface area (Å²) in [4.78, 5) is 39.2. The average molecular weight is 570 g/mol. The Balaban J connectivity index is 0.000000216. The Bertz CT molecular complexity index is 1240. The van der Waals surface area contributed by atoms with Crippen LogP contribution < -0.4 is 0 Å². The van der Waals surface area contributed by atoms with Crippen LogP contribution in [-0.4, -0.2) is 90.7 Å². The summed E-state index contributed by atoms with van der Waals surface area (Å²) >= 11 is 0. The third-order valence-corrected chi connectivity index (χ3v) is 8.76. The molecule has 12 heteroatoms. The van der Waals surface area contributed by atoms with E-state index in [-0.39, 0.29) is 37.0 Å². The highest BCUT2D eigenvalue weighted by Crippen LogP contribution is 2.30. The molecular weight excluding hydrogens is 535 g/mol. The Morgan fingerprint density at radius 2 is 1.74 bits per heavy atom. The van der Waals surface area contributed by atoms with Gasteiger partial charge in [-0.05, 0) is 37.5 Å². The Morgan fingerprint density at radius 3 is 2.33 bits per heavy atom. The molecule has 1 aromatic rings. The molecule has 1 saturated carbocycles. The van der Waals surface area contributed by atoms with E-state index in [1.54, 1.807) is 4.90 Å². The number of benzene rings is 1. The summed E-state index contributed by atoms with van der Waals surface area (Å²) in [6.45, 7) is 6.12. The Morgan fingerprint density at radius 1 is 1.05 bits per heavy atom. The topological polar surface area (TPSA) is 95.1 Å². The highest BCUT2D eigenvalue weighted by molar-refractivity contribution is 7.89. The monoisotopic (exact) mass is 569 g/mol. The second kappa shape index (κ2) is 13.0. The minimum absolute atomic E-state index is 0.0124. The van der Waals surface area contributed by atoms with E-state index in [1.807, 2.05) is 61.3 Å². The molecule has 2 aliphatic heterocycles. The lowest BCUT2D eigenvalue weighted by Crippen LogP contribution is -2.50. The molecule has 1 aromatic carbocycles. The van der Waals surface area contributed by atoms with Gasteiger partial charge in [0.2, 0.25) is 10.0 Å². The maximum atomic E-state index is 12.4. The fourth-order valence-electron chi connectivity index (χ4n) is 4.84. The minimum Gasteiger partial charge on any atom is -0.324 e. The number of rotatable bonds is 6. The van der Waals surface area contributed by atoms with Crippen LogP contribution in [0.2, 0.25) is 0 Å². The Kier molecular flexibility index (Phi) is 10.2. The van der Waals surface area contributed by atoms with Crippen molar-refractivity contribution >= 4 is 27.5 Å². The van der Waals surface area contributed by atoms with Crippen LogP contribution in [0.25, 0.3) is 0 Å². The van der Waals surface area contributed by atoms with Crippen LogP contribution in [0.4, 0.5) is 13.2 Å². The van der Waals surface area contributed by atoms with Crippen molar-refractivity contribution in [2.75, 3.05) is 38.5 Å². The van der Waals surface area contributed by atoms with Gasteiger partial charge in [0, 0.05) is 51.3 Å². The molecule has 1 aliphatic carbocycles. The quantitative estimate of drug-likeness (QED) is 0.386. The fourth-order valence-corrected chi connectivity index (χ4v) is 6.15. The molecule has 1 atom stereocenters. The maximum Gasteiger partial charge on any atom is 0.404 e. The predicted octanol–water partition coefficient (Wildman–Crippen LogP) is 3.27. The number of carbonyl (C=O) groups is 3. The van der Waals surface area contributed by atoms with E-state index in [9.17, 15) is 36.0 Å². The van der Waals surface area contributed by atoms with E-state index in [4.69, 9.17) is 0 Å². The number of ketones is 2. The summed E-state index contributed by atoms with van der Waals surface area (Å²) in [5.74, 6) is -1.98. The number of halogens is 3. The first-order chi connectivity index (χ1) is 18.3. The number of nitrogens with zero attached hydrogens (tertiary/aromatic N) is 3. The van der Waals surface area contributed by atoms with E-state index >= 15 is 0 Å². The number of alkyl halides is 3. The molecule has 0 radical (unpaired) electrons. The van der Waals surface area contributed by atoms with Crippen molar-refractivity contribution in [2.45, 2.75) is 51.9 Å². The van der Waals surface area contributed by atoms with Crippen LogP contribution in [0.5, 0.6) is 0 Å². The first-order valence-electron chi connectivity index (χ1n) is 12.8. The number of hydrogen-bond donors (Lipinski definition) is 0. The molecule has 4 rings (SSSR count). The number of hydrogen-bond acceptors (Lipinski definition) is 6. The maximum absolute atomic E-state index is 12.4. The van der Waals surface area contributed by atoms with Crippen LogP contribution in [0.15, 0.2) is 42.5 Å². The third kappa shape index (κ3) is 8.33. The van der Waals surface area contributed by atoms with Gasteiger partial charge in [-0.15, -0.1) is 0 Å². The van der Waals surface area contributed by atoms with Gasteiger partial charge in [-0.2, -0.15) is 17.5 Å².